The number of rotatable bonds is 6. The van der Waals surface area contributed by atoms with Crippen LogP contribution in [0.15, 0.2) is 40.9 Å². The van der Waals surface area contributed by atoms with Gasteiger partial charge >= 0.3 is 0 Å². The molecule has 6 heteroatoms. The molecule has 3 aromatic rings. The zero-order chi connectivity index (χ0) is 18.0. The molecule has 0 bridgehead atoms. The highest BCUT2D eigenvalue weighted by Gasteiger charge is 2.15. The lowest BCUT2D eigenvalue weighted by Crippen LogP contribution is -2.15. The summed E-state index contributed by atoms with van der Waals surface area (Å²) in [7, 11) is 5.90. The molecule has 0 atom stereocenters. The molecule has 0 aliphatic carbocycles. The van der Waals surface area contributed by atoms with Crippen molar-refractivity contribution in [3.63, 3.8) is 0 Å². The van der Waals surface area contributed by atoms with Gasteiger partial charge in [-0.05, 0) is 50.8 Å². The summed E-state index contributed by atoms with van der Waals surface area (Å²) < 4.78 is 23.0. The van der Waals surface area contributed by atoms with E-state index in [-0.39, 0.29) is 5.82 Å². The summed E-state index contributed by atoms with van der Waals surface area (Å²) in [6.45, 7) is 1.51. The molecule has 0 N–H and O–H groups in total. The van der Waals surface area contributed by atoms with Gasteiger partial charge in [0.05, 0.1) is 12.1 Å². The molecule has 1 aromatic heterocycles. The fourth-order valence-corrected chi connectivity index (χ4v) is 3.13. The first-order valence-corrected chi connectivity index (χ1v) is 8.94. The van der Waals surface area contributed by atoms with Crippen LogP contribution < -0.4 is 4.74 Å². The van der Waals surface area contributed by atoms with Gasteiger partial charge in [0, 0.05) is 35.1 Å². The minimum absolute atomic E-state index is 0.326. The Morgan fingerprint density at radius 1 is 1.20 bits per heavy atom. The second kappa shape index (κ2) is 7.54. The molecule has 0 aliphatic heterocycles. The van der Waals surface area contributed by atoms with Gasteiger partial charge < -0.3 is 9.64 Å². The standard InChI is InChI=1S/C19H21BrFN3O/c1-23(2)9-4-10-25-14-6-8-15(17(21)12-14)19-16-7-5-13(20)11-18(16)24(3)22-19/h5-8,11-12H,4,9-10H2,1-3H3. The van der Waals surface area contributed by atoms with Gasteiger partial charge in [0.1, 0.15) is 17.3 Å². The minimum Gasteiger partial charge on any atom is -0.493 e. The maximum atomic E-state index is 14.6. The van der Waals surface area contributed by atoms with E-state index in [0.717, 1.165) is 28.3 Å². The molecule has 0 unspecified atom stereocenters. The Hall–Kier alpha value is -1.92. The second-order valence-corrected chi connectivity index (χ2v) is 7.20. The van der Waals surface area contributed by atoms with Crippen LogP contribution in [0.1, 0.15) is 6.42 Å². The summed E-state index contributed by atoms with van der Waals surface area (Å²) in [4.78, 5) is 2.09. The van der Waals surface area contributed by atoms with Crippen molar-refractivity contribution in [3.05, 3.63) is 46.7 Å². The Balaban J connectivity index is 1.84. The molecule has 4 nitrogen and oxygen atoms in total. The lowest BCUT2D eigenvalue weighted by atomic mass is 10.1. The number of nitrogens with zero attached hydrogens (tertiary/aromatic N) is 3. The molecule has 3 rings (SSSR count). The molecule has 0 aliphatic rings. The predicted molar refractivity (Wildman–Crippen MR) is 102 cm³/mol. The fourth-order valence-electron chi connectivity index (χ4n) is 2.78. The smallest absolute Gasteiger partial charge is 0.136 e. The van der Waals surface area contributed by atoms with Crippen molar-refractivity contribution in [1.29, 1.82) is 0 Å². The van der Waals surface area contributed by atoms with E-state index in [9.17, 15) is 4.39 Å². The molecular weight excluding hydrogens is 385 g/mol. The average Bonchev–Trinajstić information content (AvgIpc) is 2.88. The largest absolute Gasteiger partial charge is 0.493 e. The van der Waals surface area contributed by atoms with Crippen LogP contribution in [0.2, 0.25) is 0 Å². The third-order valence-electron chi connectivity index (χ3n) is 4.03. The van der Waals surface area contributed by atoms with Crippen LogP contribution >= 0.6 is 15.9 Å². The monoisotopic (exact) mass is 405 g/mol. The van der Waals surface area contributed by atoms with E-state index >= 15 is 0 Å². The first-order chi connectivity index (χ1) is 12.0. The van der Waals surface area contributed by atoms with Crippen LogP contribution in [0.5, 0.6) is 5.75 Å². The Labute approximate surface area is 155 Å². The highest BCUT2D eigenvalue weighted by molar-refractivity contribution is 9.10. The van der Waals surface area contributed by atoms with E-state index in [1.807, 2.05) is 39.3 Å². The van der Waals surface area contributed by atoms with E-state index in [1.54, 1.807) is 16.8 Å². The van der Waals surface area contributed by atoms with Gasteiger partial charge in [-0.3, -0.25) is 4.68 Å². The van der Waals surface area contributed by atoms with Gasteiger partial charge in [-0.2, -0.15) is 5.10 Å². The second-order valence-electron chi connectivity index (χ2n) is 6.28. The SMILES string of the molecule is CN(C)CCCOc1ccc(-c2nn(C)c3cc(Br)ccc23)c(F)c1. The Bertz CT molecular complexity index is 892. The van der Waals surface area contributed by atoms with Crippen LogP contribution in [0, 0.1) is 5.82 Å². The molecule has 0 radical (unpaired) electrons. The van der Waals surface area contributed by atoms with Crippen molar-refractivity contribution < 1.29 is 9.13 Å². The third kappa shape index (κ3) is 4.02. The summed E-state index contributed by atoms with van der Waals surface area (Å²) in [5.41, 5.74) is 2.07. The minimum atomic E-state index is -0.326. The molecule has 2 aromatic carbocycles. The number of ether oxygens (including phenoxy) is 1. The first kappa shape index (κ1) is 17.9. The molecule has 0 spiro atoms. The van der Waals surface area contributed by atoms with Gasteiger partial charge in [-0.25, -0.2) is 4.39 Å². The summed E-state index contributed by atoms with van der Waals surface area (Å²) in [6, 6.07) is 10.8. The first-order valence-electron chi connectivity index (χ1n) is 8.15. The van der Waals surface area contributed by atoms with E-state index in [4.69, 9.17) is 4.74 Å². The Morgan fingerprint density at radius 2 is 2.00 bits per heavy atom. The van der Waals surface area contributed by atoms with Gasteiger partial charge in [-0.1, -0.05) is 15.9 Å². The lowest BCUT2D eigenvalue weighted by molar-refractivity contribution is 0.280. The van der Waals surface area contributed by atoms with Crippen molar-refractivity contribution in [1.82, 2.24) is 14.7 Å². The van der Waals surface area contributed by atoms with Crippen LogP contribution in [0.25, 0.3) is 22.2 Å². The van der Waals surface area contributed by atoms with Crippen molar-refractivity contribution >= 4 is 26.8 Å². The lowest BCUT2D eigenvalue weighted by Gasteiger charge is -2.11. The van der Waals surface area contributed by atoms with E-state index in [1.165, 1.54) is 6.07 Å². The average molecular weight is 406 g/mol. The predicted octanol–water partition coefficient (Wildman–Crippen LogP) is 4.47. The Morgan fingerprint density at radius 3 is 2.72 bits per heavy atom. The summed E-state index contributed by atoms with van der Waals surface area (Å²) in [5, 5.41) is 5.42. The van der Waals surface area contributed by atoms with E-state index < -0.39 is 0 Å². The zero-order valence-corrected chi connectivity index (χ0v) is 16.2. The summed E-state index contributed by atoms with van der Waals surface area (Å²) in [5.74, 6) is 0.219. The van der Waals surface area contributed by atoms with Crippen molar-refractivity contribution in [2.75, 3.05) is 27.2 Å². The topological polar surface area (TPSA) is 30.3 Å². The number of aryl methyl sites for hydroxylation is 1. The maximum Gasteiger partial charge on any atom is 0.136 e. The van der Waals surface area contributed by atoms with Gasteiger partial charge in [0.25, 0.3) is 0 Å². The number of hydrogen-bond donors (Lipinski definition) is 0. The highest BCUT2D eigenvalue weighted by atomic mass is 79.9. The molecule has 0 saturated carbocycles. The van der Waals surface area contributed by atoms with Crippen molar-refractivity contribution in [3.8, 4) is 17.0 Å². The molecule has 132 valence electrons. The fraction of sp³-hybridized carbons (Fsp3) is 0.316. The van der Waals surface area contributed by atoms with Crippen LogP contribution in [-0.4, -0.2) is 41.9 Å². The molecule has 0 fully saturated rings. The van der Waals surface area contributed by atoms with Gasteiger partial charge in [-0.15, -0.1) is 0 Å². The molecular formula is C19H21BrFN3O. The number of benzene rings is 2. The van der Waals surface area contributed by atoms with Gasteiger partial charge in [0.15, 0.2) is 0 Å². The number of aromatic nitrogens is 2. The summed E-state index contributed by atoms with van der Waals surface area (Å²) in [6.07, 6.45) is 0.899. The number of halogens is 2. The molecule has 25 heavy (non-hydrogen) atoms. The van der Waals surface area contributed by atoms with Crippen molar-refractivity contribution in [2.24, 2.45) is 7.05 Å². The van der Waals surface area contributed by atoms with E-state index in [2.05, 4.69) is 25.9 Å². The van der Waals surface area contributed by atoms with E-state index in [0.29, 0.717) is 23.6 Å². The van der Waals surface area contributed by atoms with Crippen molar-refractivity contribution in [2.45, 2.75) is 6.42 Å². The van der Waals surface area contributed by atoms with Crippen LogP contribution in [0.4, 0.5) is 4.39 Å². The highest BCUT2D eigenvalue weighted by Crippen LogP contribution is 2.32. The normalized spacial score (nSPS) is 11.4. The zero-order valence-electron chi connectivity index (χ0n) is 14.6. The molecule has 1 heterocycles. The maximum absolute atomic E-state index is 14.6. The third-order valence-corrected chi connectivity index (χ3v) is 4.52. The van der Waals surface area contributed by atoms with Crippen LogP contribution in [-0.2, 0) is 7.05 Å². The molecule has 0 saturated heterocycles. The van der Waals surface area contributed by atoms with Gasteiger partial charge in [0.2, 0.25) is 0 Å². The number of fused-ring (bicyclic) bond motifs is 1. The number of hydrogen-bond acceptors (Lipinski definition) is 3. The molecule has 0 amide bonds. The summed E-state index contributed by atoms with van der Waals surface area (Å²) >= 11 is 3.46. The quantitative estimate of drug-likeness (QED) is 0.566. The van der Waals surface area contributed by atoms with Crippen LogP contribution in [0.3, 0.4) is 0 Å². The Kier molecular flexibility index (Phi) is 5.39.